The van der Waals surface area contributed by atoms with Gasteiger partial charge >= 0.3 is 6.18 Å². The van der Waals surface area contributed by atoms with Crippen LogP contribution in [0, 0.1) is 0 Å². The highest BCUT2D eigenvalue weighted by atomic mass is 19.4. The minimum atomic E-state index is -4.50. The van der Waals surface area contributed by atoms with Gasteiger partial charge in [0.2, 0.25) is 11.8 Å². The molecule has 2 amide bonds. The minimum absolute atomic E-state index is 0.255. The van der Waals surface area contributed by atoms with Crippen molar-refractivity contribution in [3.8, 4) is 5.75 Å². The summed E-state index contributed by atoms with van der Waals surface area (Å²) >= 11 is 0. The number of ether oxygens (including phenoxy) is 1. The number of rotatable bonds is 5. The van der Waals surface area contributed by atoms with Gasteiger partial charge in [-0.25, -0.2) is 0 Å². The summed E-state index contributed by atoms with van der Waals surface area (Å²) in [6.07, 6.45) is -4.75. The Hall–Kier alpha value is -2.25. The van der Waals surface area contributed by atoms with E-state index in [0.29, 0.717) is 6.42 Å². The Bertz CT molecular complexity index is 594. The number of amides is 2. The van der Waals surface area contributed by atoms with Crippen molar-refractivity contribution in [2.45, 2.75) is 38.1 Å². The van der Waals surface area contributed by atoms with Crippen molar-refractivity contribution in [2.24, 2.45) is 0 Å². The summed E-state index contributed by atoms with van der Waals surface area (Å²) in [6, 6.07) is 7.21. The van der Waals surface area contributed by atoms with E-state index in [2.05, 4.69) is 0 Å². The van der Waals surface area contributed by atoms with Gasteiger partial charge in [0.1, 0.15) is 24.8 Å². The number of hydrogen-bond acceptors (Lipinski definition) is 3. The van der Waals surface area contributed by atoms with Crippen LogP contribution < -0.4 is 10.1 Å². The molecule has 0 fully saturated rings. The van der Waals surface area contributed by atoms with Crippen LogP contribution >= 0.6 is 0 Å². The first-order valence-corrected chi connectivity index (χ1v) is 7.51. The molecule has 0 saturated carbocycles. The summed E-state index contributed by atoms with van der Waals surface area (Å²) in [7, 11) is 1.51. The molecule has 0 aromatic heterocycles. The third kappa shape index (κ3) is 4.62. The van der Waals surface area contributed by atoms with Gasteiger partial charge in [0, 0.05) is 13.5 Å². The first-order valence-electron chi connectivity index (χ1n) is 7.51. The van der Waals surface area contributed by atoms with Crippen molar-refractivity contribution in [3.05, 3.63) is 29.8 Å². The maximum absolute atomic E-state index is 12.1. The van der Waals surface area contributed by atoms with Crippen LogP contribution in [0.1, 0.15) is 18.9 Å². The molecule has 24 heavy (non-hydrogen) atoms. The van der Waals surface area contributed by atoms with E-state index in [4.69, 9.17) is 4.74 Å². The van der Waals surface area contributed by atoms with Crippen LogP contribution in [0.2, 0.25) is 0 Å². The van der Waals surface area contributed by atoms with Crippen LogP contribution in [-0.4, -0.2) is 48.6 Å². The van der Waals surface area contributed by atoms with Crippen molar-refractivity contribution in [1.29, 1.82) is 0 Å². The second-order valence-electron chi connectivity index (χ2n) is 5.78. The predicted octanol–water partition coefficient (Wildman–Crippen LogP) is 1.91. The molecule has 1 N–H and O–H groups in total. The number of carbonyl (C=O) groups excluding carboxylic acids is 2. The summed E-state index contributed by atoms with van der Waals surface area (Å²) in [5.74, 6) is -0.744. The van der Waals surface area contributed by atoms with E-state index in [1.165, 1.54) is 11.9 Å². The second-order valence-corrected chi connectivity index (χ2v) is 5.78. The smallest absolute Gasteiger partial charge is 0.405 e. The van der Waals surface area contributed by atoms with E-state index in [1.54, 1.807) is 12.2 Å². The van der Waals surface area contributed by atoms with E-state index < -0.39 is 31.0 Å². The molecular formula is C16H19F3N2O3. The molecule has 132 valence electrons. The molecule has 0 saturated heterocycles. The number of nitrogens with one attached hydrogen (secondary N) is 1. The summed E-state index contributed by atoms with van der Waals surface area (Å²) < 4.78 is 41.9. The van der Waals surface area contributed by atoms with Gasteiger partial charge in [-0.2, -0.15) is 13.2 Å². The Labute approximate surface area is 137 Å². The maximum atomic E-state index is 12.1. The SMILES string of the molecule is CC(C1Cc2ccccc2O1)N(C)C(=O)CC(=O)NCC(F)(F)F. The molecule has 0 aliphatic carbocycles. The zero-order chi connectivity index (χ0) is 17.9. The molecule has 0 radical (unpaired) electrons. The topological polar surface area (TPSA) is 58.6 Å². The van der Waals surface area contributed by atoms with Crippen molar-refractivity contribution < 1.29 is 27.5 Å². The number of para-hydroxylation sites is 1. The Kier molecular flexibility index (Phi) is 5.36. The average Bonchev–Trinajstić information content (AvgIpc) is 2.94. The van der Waals surface area contributed by atoms with Crippen molar-refractivity contribution in [1.82, 2.24) is 10.2 Å². The second kappa shape index (κ2) is 7.11. The number of likely N-dealkylation sites (N-methyl/N-ethyl adjacent to an activating group) is 1. The largest absolute Gasteiger partial charge is 0.488 e. The highest BCUT2D eigenvalue weighted by Crippen LogP contribution is 2.30. The van der Waals surface area contributed by atoms with Crippen LogP contribution in [0.4, 0.5) is 13.2 Å². The maximum Gasteiger partial charge on any atom is 0.405 e. The Morgan fingerprint density at radius 3 is 2.67 bits per heavy atom. The quantitative estimate of drug-likeness (QED) is 0.830. The molecule has 2 unspecified atom stereocenters. The molecule has 1 aromatic carbocycles. The van der Waals surface area contributed by atoms with Crippen LogP contribution in [0.5, 0.6) is 5.75 Å². The zero-order valence-corrected chi connectivity index (χ0v) is 13.4. The van der Waals surface area contributed by atoms with Gasteiger partial charge in [0.05, 0.1) is 6.04 Å². The summed E-state index contributed by atoms with van der Waals surface area (Å²) in [5, 5.41) is 1.69. The summed E-state index contributed by atoms with van der Waals surface area (Å²) in [5.41, 5.74) is 1.04. The first kappa shape index (κ1) is 18.1. The highest BCUT2D eigenvalue weighted by Gasteiger charge is 2.33. The number of halogens is 3. The minimum Gasteiger partial charge on any atom is -0.488 e. The predicted molar refractivity (Wildman–Crippen MR) is 80.5 cm³/mol. The molecule has 2 rings (SSSR count). The zero-order valence-electron chi connectivity index (χ0n) is 13.4. The first-order chi connectivity index (χ1) is 11.2. The lowest BCUT2D eigenvalue weighted by molar-refractivity contribution is -0.144. The fraction of sp³-hybridized carbons (Fsp3) is 0.500. The normalized spacial score (nSPS) is 17.6. The van der Waals surface area contributed by atoms with E-state index >= 15 is 0 Å². The third-order valence-corrected chi connectivity index (χ3v) is 4.01. The van der Waals surface area contributed by atoms with E-state index in [0.717, 1.165) is 11.3 Å². The van der Waals surface area contributed by atoms with Crippen LogP contribution in [0.25, 0.3) is 0 Å². The van der Waals surface area contributed by atoms with Crippen LogP contribution in [0.3, 0.4) is 0 Å². The Morgan fingerprint density at radius 1 is 1.38 bits per heavy atom. The number of carbonyl (C=O) groups is 2. The number of fused-ring (bicyclic) bond motifs is 1. The molecule has 1 aromatic rings. The van der Waals surface area contributed by atoms with Gasteiger partial charge in [0.25, 0.3) is 0 Å². The van der Waals surface area contributed by atoms with Gasteiger partial charge in [0.15, 0.2) is 0 Å². The molecule has 8 heteroatoms. The van der Waals surface area contributed by atoms with Crippen LogP contribution in [0.15, 0.2) is 24.3 Å². The molecule has 1 aliphatic rings. The fourth-order valence-corrected chi connectivity index (χ4v) is 2.48. The summed E-state index contributed by atoms with van der Waals surface area (Å²) in [6.45, 7) is 0.335. The monoisotopic (exact) mass is 344 g/mol. The van der Waals surface area contributed by atoms with Gasteiger partial charge in [-0.15, -0.1) is 0 Å². The van der Waals surface area contributed by atoms with Gasteiger partial charge in [-0.05, 0) is 18.6 Å². The molecule has 0 spiro atoms. The van der Waals surface area contributed by atoms with Gasteiger partial charge in [-0.3, -0.25) is 9.59 Å². The average molecular weight is 344 g/mol. The van der Waals surface area contributed by atoms with E-state index in [9.17, 15) is 22.8 Å². The Balaban J connectivity index is 1.86. The molecule has 1 aliphatic heterocycles. The number of benzene rings is 1. The summed E-state index contributed by atoms with van der Waals surface area (Å²) in [4.78, 5) is 24.9. The number of hydrogen-bond donors (Lipinski definition) is 1. The molecule has 0 bridgehead atoms. The Morgan fingerprint density at radius 2 is 2.04 bits per heavy atom. The lowest BCUT2D eigenvalue weighted by Crippen LogP contribution is -2.46. The molecule has 5 nitrogen and oxygen atoms in total. The van der Waals surface area contributed by atoms with Crippen molar-refractivity contribution in [2.75, 3.05) is 13.6 Å². The van der Waals surface area contributed by atoms with Gasteiger partial charge in [-0.1, -0.05) is 18.2 Å². The number of nitrogens with zero attached hydrogens (tertiary/aromatic N) is 1. The van der Waals surface area contributed by atoms with E-state index in [1.807, 2.05) is 24.3 Å². The standard InChI is InChI=1S/C16H19F3N2O3/c1-10(13-7-11-5-3-4-6-12(11)24-13)21(2)15(23)8-14(22)20-9-16(17,18)19/h3-6,10,13H,7-9H2,1-2H3,(H,20,22). The molecule has 2 atom stereocenters. The number of alkyl halides is 3. The van der Waals surface area contributed by atoms with Gasteiger partial charge < -0.3 is 15.0 Å². The lowest BCUT2D eigenvalue weighted by atomic mass is 10.0. The van der Waals surface area contributed by atoms with Crippen LogP contribution in [-0.2, 0) is 16.0 Å². The molecule has 1 heterocycles. The lowest BCUT2D eigenvalue weighted by Gasteiger charge is -2.29. The fourth-order valence-electron chi connectivity index (χ4n) is 2.48. The van der Waals surface area contributed by atoms with E-state index in [-0.39, 0.29) is 12.1 Å². The van der Waals surface area contributed by atoms with Crippen molar-refractivity contribution >= 4 is 11.8 Å². The third-order valence-electron chi connectivity index (χ3n) is 4.01. The highest BCUT2D eigenvalue weighted by molar-refractivity contribution is 5.96. The van der Waals surface area contributed by atoms with Crippen molar-refractivity contribution in [3.63, 3.8) is 0 Å². The molecular weight excluding hydrogens is 325 g/mol.